The molecule has 0 N–H and O–H groups in total. The summed E-state index contributed by atoms with van der Waals surface area (Å²) < 4.78 is 2.39. The summed E-state index contributed by atoms with van der Waals surface area (Å²) in [4.78, 5) is 2.38. The molecule has 8 rings (SSSR count). The van der Waals surface area contributed by atoms with Gasteiger partial charge in [-0.05, 0) is 84.5 Å². The zero-order valence-corrected chi connectivity index (χ0v) is 25.8. The summed E-state index contributed by atoms with van der Waals surface area (Å²) in [6.07, 6.45) is 11.2. The number of benzene rings is 6. The molecule has 6 aromatic carbocycles. The number of nitrogens with zero attached hydrogens (tertiary/aromatic N) is 2. The minimum atomic E-state index is 0.333. The summed E-state index contributed by atoms with van der Waals surface area (Å²) in [7, 11) is 0. The maximum Gasteiger partial charge on any atom is 0.0561 e. The average Bonchev–Trinajstić information content (AvgIpc) is 3.46. The van der Waals surface area contributed by atoms with Crippen molar-refractivity contribution in [3.8, 4) is 5.69 Å². The molecule has 2 unspecified atom stereocenters. The number of fused-ring (bicyclic) bond motifs is 3. The first-order chi connectivity index (χ1) is 22.8. The Kier molecular flexibility index (Phi) is 7.54. The third-order valence-electron chi connectivity index (χ3n) is 9.31. The maximum atomic E-state index is 2.39. The van der Waals surface area contributed by atoms with Gasteiger partial charge in [0.15, 0.2) is 0 Å². The molecular formula is C44H36N2. The molecule has 0 amide bonds. The van der Waals surface area contributed by atoms with E-state index in [0.29, 0.717) is 11.8 Å². The van der Waals surface area contributed by atoms with E-state index in [4.69, 9.17) is 0 Å². The molecule has 0 saturated carbocycles. The molecule has 2 heteroatoms. The monoisotopic (exact) mass is 592 g/mol. The zero-order chi connectivity index (χ0) is 30.7. The highest BCUT2D eigenvalue weighted by atomic mass is 15.1. The largest absolute Gasteiger partial charge is 0.310 e. The SMILES string of the molecule is C1=CCC(CC(c2ccccc2)c2ccc(N(c3ccccc3)c3ccc4c5ccccc5n(-c5ccccc5)c4c3)cc2)C=C1. The highest BCUT2D eigenvalue weighted by Crippen LogP contribution is 2.41. The first-order valence-electron chi connectivity index (χ1n) is 16.3. The second kappa shape index (κ2) is 12.4. The van der Waals surface area contributed by atoms with Crippen LogP contribution in [0, 0.1) is 5.92 Å². The third kappa shape index (κ3) is 5.33. The van der Waals surface area contributed by atoms with Crippen LogP contribution in [0.2, 0.25) is 0 Å². The van der Waals surface area contributed by atoms with Crippen LogP contribution >= 0.6 is 0 Å². The summed E-state index contributed by atoms with van der Waals surface area (Å²) in [5.74, 6) is 0.873. The van der Waals surface area contributed by atoms with Crippen LogP contribution in [0.5, 0.6) is 0 Å². The fourth-order valence-corrected chi connectivity index (χ4v) is 7.09. The molecule has 0 spiro atoms. The minimum absolute atomic E-state index is 0.333. The van der Waals surface area contributed by atoms with Crippen LogP contribution in [-0.4, -0.2) is 4.57 Å². The molecule has 1 aromatic heterocycles. The van der Waals surface area contributed by atoms with Crippen LogP contribution in [-0.2, 0) is 0 Å². The standard InChI is InChI=1S/C44H36N2/c1-5-15-33(16-6-1)31-42(34-17-7-2-8-18-34)35-25-27-38(28-26-35)45(36-19-9-3-10-20-36)39-29-30-41-40-23-13-14-24-43(40)46(44(41)32-39)37-21-11-4-12-22-37/h1-15,17-30,32-33,42H,16,31H2. The summed E-state index contributed by atoms with van der Waals surface area (Å²) >= 11 is 0. The molecule has 0 bridgehead atoms. The predicted octanol–water partition coefficient (Wildman–Crippen LogP) is 11.9. The van der Waals surface area contributed by atoms with Crippen LogP contribution in [0.4, 0.5) is 17.1 Å². The molecule has 0 radical (unpaired) electrons. The van der Waals surface area contributed by atoms with Gasteiger partial charge in [-0.3, -0.25) is 0 Å². The van der Waals surface area contributed by atoms with E-state index in [9.17, 15) is 0 Å². The third-order valence-corrected chi connectivity index (χ3v) is 9.31. The van der Waals surface area contributed by atoms with E-state index < -0.39 is 0 Å². The Morgan fingerprint density at radius 2 is 1.15 bits per heavy atom. The number of allylic oxidation sites excluding steroid dienone is 4. The molecule has 1 heterocycles. The lowest BCUT2D eigenvalue weighted by molar-refractivity contribution is 0.550. The molecule has 1 aliphatic carbocycles. The van der Waals surface area contributed by atoms with Crippen molar-refractivity contribution in [2.45, 2.75) is 18.8 Å². The van der Waals surface area contributed by atoms with Gasteiger partial charge in [0.2, 0.25) is 0 Å². The second-order valence-corrected chi connectivity index (χ2v) is 12.2. The molecule has 222 valence electrons. The zero-order valence-electron chi connectivity index (χ0n) is 25.8. The average molecular weight is 593 g/mol. The van der Waals surface area contributed by atoms with Crippen molar-refractivity contribution in [3.05, 3.63) is 193 Å². The minimum Gasteiger partial charge on any atom is -0.310 e. The van der Waals surface area contributed by atoms with Gasteiger partial charge in [-0.1, -0.05) is 127 Å². The van der Waals surface area contributed by atoms with Gasteiger partial charge in [0.05, 0.1) is 11.0 Å². The molecule has 0 saturated heterocycles. The van der Waals surface area contributed by atoms with Crippen LogP contribution in [0.1, 0.15) is 29.9 Å². The Balaban J connectivity index is 1.23. The Hall–Kier alpha value is -5.60. The van der Waals surface area contributed by atoms with E-state index >= 15 is 0 Å². The van der Waals surface area contributed by atoms with Crippen molar-refractivity contribution >= 4 is 38.9 Å². The summed E-state index contributed by atoms with van der Waals surface area (Å²) in [5.41, 5.74) is 9.71. The summed E-state index contributed by atoms with van der Waals surface area (Å²) in [5, 5.41) is 2.52. The Morgan fingerprint density at radius 3 is 1.89 bits per heavy atom. The molecule has 0 aliphatic heterocycles. The fraction of sp³-hybridized carbons (Fsp3) is 0.0909. The van der Waals surface area contributed by atoms with Crippen LogP contribution in [0.3, 0.4) is 0 Å². The molecule has 2 nitrogen and oxygen atoms in total. The van der Waals surface area contributed by atoms with Gasteiger partial charge in [0.25, 0.3) is 0 Å². The maximum absolute atomic E-state index is 2.39. The van der Waals surface area contributed by atoms with E-state index in [-0.39, 0.29) is 0 Å². The number of rotatable bonds is 8. The van der Waals surface area contributed by atoms with Gasteiger partial charge in [0.1, 0.15) is 0 Å². The highest BCUT2D eigenvalue weighted by Gasteiger charge is 2.21. The summed E-state index contributed by atoms with van der Waals surface area (Å²) in [6, 6.07) is 57.3. The number of anilines is 3. The van der Waals surface area contributed by atoms with Gasteiger partial charge in [-0.2, -0.15) is 0 Å². The predicted molar refractivity (Wildman–Crippen MR) is 195 cm³/mol. The lowest BCUT2D eigenvalue weighted by atomic mass is 9.81. The van der Waals surface area contributed by atoms with Crippen LogP contribution in [0.15, 0.2) is 182 Å². The van der Waals surface area contributed by atoms with Gasteiger partial charge >= 0.3 is 0 Å². The van der Waals surface area contributed by atoms with E-state index in [2.05, 4.69) is 191 Å². The first-order valence-corrected chi connectivity index (χ1v) is 16.3. The van der Waals surface area contributed by atoms with Gasteiger partial charge in [-0.15, -0.1) is 0 Å². The van der Waals surface area contributed by atoms with Crippen LogP contribution < -0.4 is 4.90 Å². The molecule has 0 fully saturated rings. The molecular weight excluding hydrogens is 556 g/mol. The van der Waals surface area contributed by atoms with Crippen molar-refractivity contribution in [3.63, 3.8) is 0 Å². The van der Waals surface area contributed by atoms with E-state index in [0.717, 1.165) is 35.6 Å². The lowest BCUT2D eigenvalue weighted by Crippen LogP contribution is -2.11. The van der Waals surface area contributed by atoms with E-state index in [1.165, 1.54) is 32.9 Å². The lowest BCUT2D eigenvalue weighted by Gasteiger charge is -2.27. The van der Waals surface area contributed by atoms with Crippen LogP contribution in [0.25, 0.3) is 27.5 Å². The fourth-order valence-electron chi connectivity index (χ4n) is 7.09. The molecule has 7 aromatic rings. The Labute approximate surface area is 271 Å². The smallest absolute Gasteiger partial charge is 0.0561 e. The molecule has 46 heavy (non-hydrogen) atoms. The summed E-state index contributed by atoms with van der Waals surface area (Å²) in [6.45, 7) is 0. The number of hydrogen-bond donors (Lipinski definition) is 0. The Morgan fingerprint density at radius 1 is 0.543 bits per heavy atom. The van der Waals surface area contributed by atoms with Crippen molar-refractivity contribution in [1.82, 2.24) is 4.57 Å². The van der Waals surface area contributed by atoms with Crippen molar-refractivity contribution in [2.75, 3.05) is 4.90 Å². The number of aromatic nitrogens is 1. The normalized spacial score (nSPS) is 14.9. The topological polar surface area (TPSA) is 8.17 Å². The Bertz CT molecular complexity index is 2140. The molecule has 2 atom stereocenters. The van der Waals surface area contributed by atoms with Crippen molar-refractivity contribution < 1.29 is 0 Å². The van der Waals surface area contributed by atoms with E-state index in [1.54, 1.807) is 0 Å². The van der Waals surface area contributed by atoms with Crippen molar-refractivity contribution in [1.29, 1.82) is 0 Å². The van der Waals surface area contributed by atoms with E-state index in [1.807, 2.05) is 0 Å². The highest BCUT2D eigenvalue weighted by molar-refractivity contribution is 6.10. The second-order valence-electron chi connectivity index (χ2n) is 12.2. The number of para-hydroxylation sites is 3. The van der Waals surface area contributed by atoms with Crippen molar-refractivity contribution in [2.24, 2.45) is 5.92 Å². The van der Waals surface area contributed by atoms with Gasteiger partial charge < -0.3 is 9.47 Å². The first kappa shape index (κ1) is 27.9. The van der Waals surface area contributed by atoms with Gasteiger partial charge in [0, 0.05) is 39.4 Å². The van der Waals surface area contributed by atoms with Gasteiger partial charge in [-0.25, -0.2) is 0 Å². The number of hydrogen-bond acceptors (Lipinski definition) is 1. The molecule has 1 aliphatic rings. The quantitative estimate of drug-likeness (QED) is 0.170.